The Kier molecular flexibility index (Phi) is 3.03. The van der Waals surface area contributed by atoms with Crippen molar-refractivity contribution in [3.63, 3.8) is 0 Å². The van der Waals surface area contributed by atoms with E-state index in [0.29, 0.717) is 0 Å². The van der Waals surface area contributed by atoms with Crippen molar-refractivity contribution in [1.82, 2.24) is 0 Å². The molecule has 1 aliphatic heterocycles. The second-order valence-corrected chi connectivity index (χ2v) is 3.03. The molecule has 1 heterocycles. The fourth-order valence-electron chi connectivity index (χ4n) is 1.29. The topological polar surface area (TPSA) is 90.2 Å². The van der Waals surface area contributed by atoms with Gasteiger partial charge in [-0.3, -0.25) is 0 Å². The van der Waals surface area contributed by atoms with Gasteiger partial charge in [-0.2, -0.15) is 0 Å². The van der Waals surface area contributed by atoms with E-state index in [4.69, 9.17) is 9.84 Å². The number of hydrogen-bond acceptors (Lipinski definition) is 5. The minimum Gasteiger partial charge on any atom is -0.394 e. The predicted molar refractivity (Wildman–Crippen MR) is 39.4 cm³/mol. The molecule has 0 bridgehead atoms. The quantitative estimate of drug-likeness (QED) is 0.367. The van der Waals surface area contributed by atoms with Gasteiger partial charge in [-0.25, -0.2) is 0 Å². The Hall–Kier alpha value is -0.200. The van der Waals surface area contributed by atoms with Crippen LogP contribution in [0.25, 0.3) is 0 Å². The van der Waals surface area contributed by atoms with Crippen LogP contribution in [0.2, 0.25) is 0 Å². The first-order chi connectivity index (χ1) is 5.57. The maximum Gasteiger partial charge on any atom is 0.111 e. The average molecular weight is 178 g/mol. The molecule has 0 aromatic carbocycles. The monoisotopic (exact) mass is 178 g/mol. The Morgan fingerprint density at radius 2 is 1.67 bits per heavy atom. The molecule has 5 atom stereocenters. The highest BCUT2D eigenvalue weighted by molar-refractivity contribution is 4.89. The molecule has 5 heteroatoms. The fourth-order valence-corrected chi connectivity index (χ4v) is 1.29. The third-order valence-electron chi connectivity index (χ3n) is 2.13. The van der Waals surface area contributed by atoms with Crippen LogP contribution in [0, 0.1) is 0 Å². The largest absolute Gasteiger partial charge is 0.394 e. The van der Waals surface area contributed by atoms with Crippen LogP contribution in [0.4, 0.5) is 0 Å². The standard InChI is InChI=1S/C7H14O5/c1-3-5(9)7(11)6(10)4(2-8)12-3/h3-11H,2H2,1H3/t3-,4?,5-,6-,7?/m0/s1. The zero-order valence-corrected chi connectivity index (χ0v) is 6.79. The van der Waals surface area contributed by atoms with Gasteiger partial charge in [0.15, 0.2) is 0 Å². The Labute approximate surface area is 70.2 Å². The third kappa shape index (κ3) is 1.60. The van der Waals surface area contributed by atoms with E-state index < -0.39 is 30.5 Å². The van der Waals surface area contributed by atoms with Gasteiger partial charge in [-0.05, 0) is 6.92 Å². The van der Waals surface area contributed by atoms with Crippen molar-refractivity contribution in [3.8, 4) is 0 Å². The van der Waals surface area contributed by atoms with Gasteiger partial charge in [0, 0.05) is 0 Å². The van der Waals surface area contributed by atoms with E-state index in [1.54, 1.807) is 6.92 Å². The maximum atomic E-state index is 9.23. The first-order valence-corrected chi connectivity index (χ1v) is 3.88. The van der Waals surface area contributed by atoms with Crippen LogP contribution < -0.4 is 0 Å². The second-order valence-electron chi connectivity index (χ2n) is 3.03. The van der Waals surface area contributed by atoms with E-state index in [1.165, 1.54) is 0 Å². The lowest BCUT2D eigenvalue weighted by molar-refractivity contribution is -0.224. The van der Waals surface area contributed by atoms with Crippen molar-refractivity contribution in [2.75, 3.05) is 6.61 Å². The molecule has 1 fully saturated rings. The summed E-state index contributed by atoms with van der Waals surface area (Å²) in [6.45, 7) is 1.21. The lowest BCUT2D eigenvalue weighted by Gasteiger charge is -2.38. The van der Waals surface area contributed by atoms with Crippen LogP contribution in [0.3, 0.4) is 0 Å². The molecule has 72 valence electrons. The van der Waals surface area contributed by atoms with Crippen molar-refractivity contribution in [2.45, 2.75) is 37.4 Å². The fraction of sp³-hybridized carbons (Fsp3) is 1.00. The minimum atomic E-state index is -1.24. The number of ether oxygens (including phenoxy) is 1. The Balaban J connectivity index is 2.63. The highest BCUT2D eigenvalue weighted by Gasteiger charge is 2.41. The summed E-state index contributed by atoms with van der Waals surface area (Å²) in [4.78, 5) is 0. The van der Waals surface area contributed by atoms with Gasteiger partial charge in [0.05, 0.1) is 12.7 Å². The summed E-state index contributed by atoms with van der Waals surface area (Å²) in [5, 5.41) is 36.4. The van der Waals surface area contributed by atoms with Gasteiger partial charge in [-0.1, -0.05) is 0 Å². The molecule has 2 unspecified atom stereocenters. The Morgan fingerprint density at radius 1 is 1.08 bits per heavy atom. The summed E-state index contributed by atoms with van der Waals surface area (Å²) < 4.78 is 5.02. The maximum absolute atomic E-state index is 9.23. The highest BCUT2D eigenvalue weighted by Crippen LogP contribution is 2.20. The van der Waals surface area contributed by atoms with Crippen LogP contribution in [-0.2, 0) is 4.74 Å². The van der Waals surface area contributed by atoms with E-state index in [0.717, 1.165) is 0 Å². The van der Waals surface area contributed by atoms with E-state index in [1.807, 2.05) is 0 Å². The molecule has 4 N–H and O–H groups in total. The van der Waals surface area contributed by atoms with Crippen molar-refractivity contribution in [2.24, 2.45) is 0 Å². The molecule has 1 rings (SSSR count). The normalized spacial score (nSPS) is 49.2. The Morgan fingerprint density at radius 3 is 2.17 bits per heavy atom. The zero-order valence-electron chi connectivity index (χ0n) is 6.79. The molecular formula is C7H14O5. The SMILES string of the molecule is C[C@@H]1OC(CO)[C@H](O)C(O)[C@H]1O. The summed E-state index contributed by atoms with van der Waals surface area (Å²) in [5.41, 5.74) is 0. The average Bonchev–Trinajstić information content (AvgIpc) is 2.08. The van der Waals surface area contributed by atoms with Crippen molar-refractivity contribution in [3.05, 3.63) is 0 Å². The summed E-state index contributed by atoms with van der Waals surface area (Å²) >= 11 is 0. The molecule has 1 aliphatic rings. The predicted octanol–water partition coefficient (Wildman–Crippen LogP) is -2.15. The van der Waals surface area contributed by atoms with Gasteiger partial charge in [0.2, 0.25) is 0 Å². The summed E-state index contributed by atoms with van der Waals surface area (Å²) in [6.07, 6.45) is -4.94. The first-order valence-electron chi connectivity index (χ1n) is 3.88. The summed E-state index contributed by atoms with van der Waals surface area (Å²) in [6, 6.07) is 0. The number of hydrogen-bond donors (Lipinski definition) is 4. The van der Waals surface area contributed by atoms with Gasteiger partial charge in [0.25, 0.3) is 0 Å². The van der Waals surface area contributed by atoms with E-state index in [9.17, 15) is 15.3 Å². The summed E-state index contributed by atoms with van der Waals surface area (Å²) in [7, 11) is 0. The zero-order chi connectivity index (χ0) is 9.30. The van der Waals surface area contributed by atoms with Gasteiger partial charge >= 0.3 is 0 Å². The number of aliphatic hydroxyl groups is 4. The second kappa shape index (κ2) is 3.68. The smallest absolute Gasteiger partial charge is 0.111 e. The van der Waals surface area contributed by atoms with Gasteiger partial charge in [0.1, 0.15) is 24.4 Å². The van der Waals surface area contributed by atoms with Gasteiger partial charge in [-0.15, -0.1) is 0 Å². The molecule has 0 radical (unpaired) electrons. The lowest BCUT2D eigenvalue weighted by atomic mass is 9.96. The molecule has 1 saturated heterocycles. The molecule has 0 aromatic rings. The van der Waals surface area contributed by atoms with Gasteiger partial charge < -0.3 is 25.2 Å². The van der Waals surface area contributed by atoms with Crippen LogP contribution >= 0.6 is 0 Å². The third-order valence-corrected chi connectivity index (χ3v) is 2.13. The lowest BCUT2D eigenvalue weighted by Crippen LogP contribution is -2.57. The van der Waals surface area contributed by atoms with Crippen LogP contribution in [-0.4, -0.2) is 57.6 Å². The van der Waals surface area contributed by atoms with Crippen molar-refractivity contribution >= 4 is 0 Å². The van der Waals surface area contributed by atoms with E-state index >= 15 is 0 Å². The summed E-state index contributed by atoms with van der Waals surface area (Å²) in [5.74, 6) is 0. The first kappa shape index (κ1) is 9.88. The minimum absolute atomic E-state index is 0.366. The Bertz CT molecular complexity index is 146. The highest BCUT2D eigenvalue weighted by atomic mass is 16.5. The van der Waals surface area contributed by atoms with Crippen LogP contribution in [0.5, 0.6) is 0 Å². The molecule has 0 saturated carbocycles. The number of rotatable bonds is 1. The molecular weight excluding hydrogens is 164 g/mol. The molecule has 0 aliphatic carbocycles. The molecule has 12 heavy (non-hydrogen) atoms. The van der Waals surface area contributed by atoms with E-state index in [-0.39, 0.29) is 6.61 Å². The molecule has 0 amide bonds. The van der Waals surface area contributed by atoms with E-state index in [2.05, 4.69) is 0 Å². The molecule has 5 nitrogen and oxygen atoms in total. The molecule has 0 spiro atoms. The van der Waals surface area contributed by atoms with Crippen molar-refractivity contribution < 1.29 is 25.2 Å². The van der Waals surface area contributed by atoms with Crippen LogP contribution in [0.15, 0.2) is 0 Å². The number of aliphatic hydroxyl groups excluding tert-OH is 4. The van der Waals surface area contributed by atoms with Crippen molar-refractivity contribution in [1.29, 1.82) is 0 Å². The molecule has 0 aromatic heterocycles. The van der Waals surface area contributed by atoms with Crippen LogP contribution in [0.1, 0.15) is 6.92 Å².